The number of halogens is 1. The fraction of sp³-hybridized carbons (Fsp3) is 0.533. The first-order chi connectivity index (χ1) is 8.31. The Labute approximate surface area is 134 Å². The summed E-state index contributed by atoms with van der Waals surface area (Å²) < 4.78 is 0. The second-order valence-corrected chi connectivity index (χ2v) is 5.75. The van der Waals surface area contributed by atoms with E-state index in [1.165, 1.54) is 11.1 Å². The second kappa shape index (κ2) is 7.72. The lowest BCUT2D eigenvalue weighted by atomic mass is 9.84. The lowest BCUT2D eigenvalue weighted by molar-refractivity contribution is 0.537. The van der Waals surface area contributed by atoms with Gasteiger partial charge in [-0.1, -0.05) is 43.7 Å². The van der Waals surface area contributed by atoms with Crippen LogP contribution in [0.1, 0.15) is 38.8 Å². The molecule has 0 bridgehead atoms. The van der Waals surface area contributed by atoms with Gasteiger partial charge in [0.2, 0.25) is 0 Å². The Morgan fingerprint density at radius 3 is 2.53 bits per heavy atom. The molecule has 0 aliphatic heterocycles. The zero-order valence-corrected chi connectivity index (χ0v) is 14.9. The molecule has 0 fully saturated rings. The Morgan fingerprint density at radius 2 is 2.00 bits per heavy atom. The SMILES string of the molecule is Cc1cccc(C(C)(C)CN=C(N)NC(C)C)c1.I. The van der Waals surface area contributed by atoms with E-state index in [0.717, 1.165) is 0 Å². The monoisotopic (exact) mass is 375 g/mol. The number of nitrogens with two attached hydrogens (primary N) is 1. The van der Waals surface area contributed by atoms with Crippen molar-refractivity contribution in [2.75, 3.05) is 6.54 Å². The molecule has 0 aromatic heterocycles. The summed E-state index contributed by atoms with van der Waals surface area (Å²) in [6.45, 7) is 11.3. The fourth-order valence-electron chi connectivity index (χ4n) is 1.78. The number of hydrogen-bond donors (Lipinski definition) is 2. The van der Waals surface area contributed by atoms with Crippen LogP contribution in [0.25, 0.3) is 0 Å². The van der Waals surface area contributed by atoms with Crippen molar-refractivity contribution in [3.8, 4) is 0 Å². The highest BCUT2D eigenvalue weighted by molar-refractivity contribution is 14.0. The van der Waals surface area contributed by atoms with Crippen molar-refractivity contribution < 1.29 is 0 Å². The number of nitrogens with zero attached hydrogens (tertiary/aromatic N) is 1. The standard InChI is InChI=1S/C15H25N3.HI/c1-11(2)18-14(16)17-10-15(4,5)13-8-6-7-12(3)9-13;/h6-9,11H,10H2,1-5H3,(H3,16,17,18);1H. The van der Waals surface area contributed by atoms with Crippen molar-refractivity contribution in [2.45, 2.75) is 46.1 Å². The maximum Gasteiger partial charge on any atom is 0.188 e. The van der Waals surface area contributed by atoms with Gasteiger partial charge in [0, 0.05) is 11.5 Å². The third-order valence-corrected chi connectivity index (χ3v) is 2.88. The minimum atomic E-state index is -0.00466. The van der Waals surface area contributed by atoms with Crippen molar-refractivity contribution in [3.05, 3.63) is 35.4 Å². The van der Waals surface area contributed by atoms with Crippen LogP contribution >= 0.6 is 24.0 Å². The number of aliphatic imine (C=N–C) groups is 1. The summed E-state index contributed by atoms with van der Waals surface area (Å²) in [5, 5.41) is 3.11. The molecule has 3 N–H and O–H groups in total. The molecule has 0 unspecified atom stereocenters. The maximum atomic E-state index is 5.83. The molecule has 0 saturated heterocycles. The molecule has 0 radical (unpaired) electrons. The number of nitrogens with one attached hydrogen (secondary N) is 1. The van der Waals surface area contributed by atoms with Gasteiger partial charge < -0.3 is 11.1 Å². The van der Waals surface area contributed by atoms with E-state index in [1.807, 2.05) is 13.8 Å². The minimum Gasteiger partial charge on any atom is -0.370 e. The van der Waals surface area contributed by atoms with Crippen LogP contribution in [0.3, 0.4) is 0 Å². The molecule has 0 amide bonds. The van der Waals surface area contributed by atoms with Gasteiger partial charge in [-0.25, -0.2) is 0 Å². The van der Waals surface area contributed by atoms with Crippen LogP contribution in [0.5, 0.6) is 0 Å². The highest BCUT2D eigenvalue weighted by Gasteiger charge is 2.20. The van der Waals surface area contributed by atoms with Crippen LogP contribution < -0.4 is 11.1 Å². The summed E-state index contributed by atoms with van der Waals surface area (Å²) in [4.78, 5) is 4.43. The van der Waals surface area contributed by atoms with Crippen LogP contribution in [0, 0.1) is 6.92 Å². The van der Waals surface area contributed by atoms with Crippen molar-refractivity contribution in [3.63, 3.8) is 0 Å². The van der Waals surface area contributed by atoms with Crippen molar-refractivity contribution in [2.24, 2.45) is 10.7 Å². The van der Waals surface area contributed by atoms with Crippen LogP contribution in [0.4, 0.5) is 0 Å². The summed E-state index contributed by atoms with van der Waals surface area (Å²) in [6, 6.07) is 8.87. The summed E-state index contributed by atoms with van der Waals surface area (Å²) >= 11 is 0. The molecule has 0 saturated carbocycles. The third-order valence-electron chi connectivity index (χ3n) is 2.88. The van der Waals surface area contributed by atoms with Gasteiger partial charge in [0.25, 0.3) is 0 Å². The highest BCUT2D eigenvalue weighted by Crippen LogP contribution is 2.24. The van der Waals surface area contributed by atoms with Gasteiger partial charge in [-0.05, 0) is 26.3 Å². The molecule has 3 nitrogen and oxygen atoms in total. The normalized spacial score (nSPS) is 12.2. The van der Waals surface area contributed by atoms with E-state index in [0.29, 0.717) is 18.5 Å². The van der Waals surface area contributed by atoms with Crippen molar-refractivity contribution in [1.82, 2.24) is 5.32 Å². The number of rotatable bonds is 4. The Balaban J connectivity index is 0.00000324. The average molecular weight is 375 g/mol. The fourth-order valence-corrected chi connectivity index (χ4v) is 1.78. The predicted molar refractivity (Wildman–Crippen MR) is 94.4 cm³/mol. The first kappa shape index (κ1) is 18.2. The number of aryl methyl sites for hydroxylation is 1. The smallest absolute Gasteiger partial charge is 0.188 e. The van der Waals surface area contributed by atoms with E-state index in [9.17, 15) is 0 Å². The first-order valence-electron chi connectivity index (χ1n) is 6.45. The molecule has 19 heavy (non-hydrogen) atoms. The van der Waals surface area contributed by atoms with Gasteiger partial charge in [-0.3, -0.25) is 4.99 Å². The van der Waals surface area contributed by atoms with Gasteiger partial charge in [0.15, 0.2) is 5.96 Å². The van der Waals surface area contributed by atoms with E-state index >= 15 is 0 Å². The van der Waals surface area contributed by atoms with Crippen molar-refractivity contribution in [1.29, 1.82) is 0 Å². The van der Waals surface area contributed by atoms with E-state index in [1.54, 1.807) is 0 Å². The third kappa shape index (κ3) is 6.27. The van der Waals surface area contributed by atoms with E-state index in [-0.39, 0.29) is 29.4 Å². The molecular formula is C15H26IN3. The topological polar surface area (TPSA) is 50.4 Å². The Bertz CT molecular complexity index is 425. The lowest BCUT2D eigenvalue weighted by Crippen LogP contribution is -2.38. The molecule has 1 aromatic carbocycles. The number of hydrogen-bond acceptors (Lipinski definition) is 1. The van der Waals surface area contributed by atoms with Crippen LogP contribution in [0.15, 0.2) is 29.3 Å². The number of benzene rings is 1. The van der Waals surface area contributed by atoms with Gasteiger partial charge in [0.05, 0.1) is 6.54 Å². The second-order valence-electron chi connectivity index (χ2n) is 5.75. The Kier molecular flexibility index (Phi) is 7.41. The molecule has 0 spiro atoms. The van der Waals surface area contributed by atoms with E-state index < -0.39 is 0 Å². The molecule has 0 atom stereocenters. The minimum absolute atomic E-state index is 0. The molecule has 0 heterocycles. The first-order valence-corrected chi connectivity index (χ1v) is 6.45. The molecule has 4 heteroatoms. The summed E-state index contributed by atoms with van der Waals surface area (Å²) in [7, 11) is 0. The summed E-state index contributed by atoms with van der Waals surface area (Å²) in [5.41, 5.74) is 8.39. The summed E-state index contributed by atoms with van der Waals surface area (Å²) in [6.07, 6.45) is 0. The van der Waals surface area contributed by atoms with Gasteiger partial charge in [-0.2, -0.15) is 0 Å². The zero-order chi connectivity index (χ0) is 13.8. The molecule has 0 aliphatic carbocycles. The molecule has 0 aliphatic rings. The maximum absolute atomic E-state index is 5.83. The summed E-state index contributed by atoms with van der Waals surface area (Å²) in [5.74, 6) is 0.519. The molecular weight excluding hydrogens is 349 g/mol. The quantitative estimate of drug-likeness (QED) is 0.483. The number of guanidine groups is 1. The molecule has 1 rings (SSSR count). The van der Waals surface area contributed by atoms with Gasteiger partial charge in [-0.15, -0.1) is 24.0 Å². The Hall–Kier alpha value is -0.780. The van der Waals surface area contributed by atoms with Crippen LogP contribution in [0.2, 0.25) is 0 Å². The van der Waals surface area contributed by atoms with Crippen LogP contribution in [-0.2, 0) is 5.41 Å². The lowest BCUT2D eigenvalue weighted by Gasteiger charge is -2.24. The average Bonchev–Trinajstić information content (AvgIpc) is 2.26. The van der Waals surface area contributed by atoms with Crippen LogP contribution in [-0.4, -0.2) is 18.5 Å². The van der Waals surface area contributed by atoms with Crippen molar-refractivity contribution >= 4 is 29.9 Å². The highest BCUT2D eigenvalue weighted by atomic mass is 127. The zero-order valence-electron chi connectivity index (χ0n) is 12.5. The Morgan fingerprint density at radius 1 is 1.37 bits per heavy atom. The largest absolute Gasteiger partial charge is 0.370 e. The van der Waals surface area contributed by atoms with Gasteiger partial charge in [0.1, 0.15) is 0 Å². The molecule has 108 valence electrons. The predicted octanol–water partition coefficient (Wildman–Crippen LogP) is 3.20. The molecule has 1 aromatic rings. The van der Waals surface area contributed by atoms with E-state index in [4.69, 9.17) is 5.73 Å². The van der Waals surface area contributed by atoms with E-state index in [2.05, 4.69) is 55.3 Å². The van der Waals surface area contributed by atoms with Gasteiger partial charge >= 0.3 is 0 Å².